The zero-order chi connectivity index (χ0) is 10.7. The van der Waals surface area contributed by atoms with Crippen LogP contribution in [-0.2, 0) is 0 Å². The van der Waals surface area contributed by atoms with E-state index in [1.807, 2.05) is 0 Å². The van der Waals surface area contributed by atoms with Gasteiger partial charge in [-0.15, -0.1) is 0 Å². The summed E-state index contributed by atoms with van der Waals surface area (Å²) in [5, 5.41) is 3.49. The van der Waals surface area contributed by atoms with Crippen molar-refractivity contribution in [2.24, 2.45) is 17.8 Å². The lowest BCUT2D eigenvalue weighted by Crippen LogP contribution is -2.32. The first-order valence-electron chi connectivity index (χ1n) is 6.65. The van der Waals surface area contributed by atoms with Gasteiger partial charge < -0.3 is 10.2 Å². The van der Waals surface area contributed by atoms with Crippen molar-refractivity contribution >= 4 is 0 Å². The molecule has 2 atom stereocenters. The van der Waals surface area contributed by atoms with Gasteiger partial charge in [0.05, 0.1) is 0 Å². The lowest BCUT2D eigenvalue weighted by atomic mass is 9.97. The topological polar surface area (TPSA) is 15.3 Å². The molecule has 2 aliphatic rings. The Bertz CT molecular complexity index is 187. The Hall–Kier alpha value is -0.0800. The Balaban J connectivity index is 1.69. The summed E-state index contributed by atoms with van der Waals surface area (Å²) in [5.41, 5.74) is 0. The van der Waals surface area contributed by atoms with E-state index < -0.39 is 0 Å². The predicted octanol–water partition coefficient (Wildman–Crippen LogP) is 1.96. The highest BCUT2D eigenvalue weighted by molar-refractivity contribution is 4.81. The Kier molecular flexibility index (Phi) is 4.04. The zero-order valence-electron chi connectivity index (χ0n) is 10.3. The average molecular weight is 210 g/mol. The Morgan fingerprint density at radius 3 is 2.47 bits per heavy atom. The molecule has 1 saturated heterocycles. The van der Waals surface area contributed by atoms with Crippen molar-refractivity contribution in [1.82, 2.24) is 10.2 Å². The highest BCUT2D eigenvalue weighted by atomic mass is 15.1. The molecule has 2 rings (SSSR count). The second-order valence-corrected chi connectivity index (χ2v) is 5.77. The molecule has 1 N–H and O–H groups in total. The van der Waals surface area contributed by atoms with E-state index in [-0.39, 0.29) is 0 Å². The normalized spacial score (nSPS) is 33.0. The molecule has 0 spiro atoms. The molecule has 1 saturated carbocycles. The van der Waals surface area contributed by atoms with Gasteiger partial charge >= 0.3 is 0 Å². The number of hydrogen-bond donors (Lipinski definition) is 1. The molecule has 1 aliphatic heterocycles. The van der Waals surface area contributed by atoms with Crippen LogP contribution >= 0.6 is 0 Å². The van der Waals surface area contributed by atoms with Crippen molar-refractivity contribution < 1.29 is 0 Å². The van der Waals surface area contributed by atoms with Crippen LogP contribution in [0.25, 0.3) is 0 Å². The van der Waals surface area contributed by atoms with E-state index in [2.05, 4.69) is 24.2 Å². The van der Waals surface area contributed by atoms with Crippen molar-refractivity contribution in [3.8, 4) is 0 Å². The minimum atomic E-state index is 0.871. The van der Waals surface area contributed by atoms with E-state index in [1.54, 1.807) is 0 Å². The third-order valence-electron chi connectivity index (χ3n) is 4.27. The number of nitrogens with one attached hydrogen (secondary N) is 1. The second kappa shape index (κ2) is 5.31. The summed E-state index contributed by atoms with van der Waals surface area (Å²) < 4.78 is 0. The van der Waals surface area contributed by atoms with Gasteiger partial charge in [-0.05, 0) is 50.7 Å². The smallest absolute Gasteiger partial charge is 0.00219 e. The fourth-order valence-electron chi connectivity index (χ4n) is 3.22. The minimum absolute atomic E-state index is 0.871. The van der Waals surface area contributed by atoms with Gasteiger partial charge in [0.15, 0.2) is 0 Å². The lowest BCUT2D eigenvalue weighted by molar-refractivity contribution is 0.226. The summed E-state index contributed by atoms with van der Waals surface area (Å²) in [4.78, 5) is 2.57. The maximum atomic E-state index is 3.49. The van der Waals surface area contributed by atoms with Crippen molar-refractivity contribution in [3.05, 3.63) is 0 Å². The molecule has 2 nitrogen and oxygen atoms in total. The van der Waals surface area contributed by atoms with Crippen LogP contribution in [0.15, 0.2) is 0 Å². The van der Waals surface area contributed by atoms with Gasteiger partial charge in [0.2, 0.25) is 0 Å². The second-order valence-electron chi connectivity index (χ2n) is 5.77. The van der Waals surface area contributed by atoms with E-state index >= 15 is 0 Å². The van der Waals surface area contributed by atoms with Crippen LogP contribution in [0, 0.1) is 17.8 Å². The average Bonchev–Trinajstić information content (AvgIpc) is 2.79. The molecular formula is C13H26N2. The van der Waals surface area contributed by atoms with Crippen LogP contribution in [0.2, 0.25) is 0 Å². The van der Waals surface area contributed by atoms with Crippen molar-refractivity contribution in [2.45, 2.75) is 32.6 Å². The molecule has 0 bridgehead atoms. The summed E-state index contributed by atoms with van der Waals surface area (Å²) in [7, 11) is 2.31. The first-order valence-corrected chi connectivity index (χ1v) is 6.65. The highest BCUT2D eigenvalue weighted by Gasteiger charge is 2.25. The molecule has 0 radical (unpaired) electrons. The fourth-order valence-corrected chi connectivity index (χ4v) is 3.22. The SMILES string of the molecule is CC1CNCC1CN(C)CC1CCCC1. The molecule has 0 aromatic carbocycles. The molecule has 2 unspecified atom stereocenters. The largest absolute Gasteiger partial charge is 0.316 e. The Morgan fingerprint density at radius 1 is 1.13 bits per heavy atom. The van der Waals surface area contributed by atoms with Gasteiger partial charge in [0.25, 0.3) is 0 Å². The van der Waals surface area contributed by atoms with Crippen LogP contribution in [-0.4, -0.2) is 38.1 Å². The number of hydrogen-bond acceptors (Lipinski definition) is 2. The van der Waals surface area contributed by atoms with Crippen LogP contribution in [0.4, 0.5) is 0 Å². The number of nitrogens with zero attached hydrogens (tertiary/aromatic N) is 1. The minimum Gasteiger partial charge on any atom is -0.316 e. The lowest BCUT2D eigenvalue weighted by Gasteiger charge is -2.25. The summed E-state index contributed by atoms with van der Waals surface area (Å²) in [6.45, 7) is 7.47. The molecule has 2 fully saturated rings. The first kappa shape index (κ1) is 11.4. The summed E-state index contributed by atoms with van der Waals surface area (Å²) >= 11 is 0. The van der Waals surface area contributed by atoms with E-state index in [4.69, 9.17) is 0 Å². The van der Waals surface area contributed by atoms with Gasteiger partial charge in [-0.25, -0.2) is 0 Å². The first-order chi connectivity index (χ1) is 7.25. The van der Waals surface area contributed by atoms with E-state index in [1.165, 1.54) is 51.9 Å². The Morgan fingerprint density at radius 2 is 1.87 bits per heavy atom. The maximum Gasteiger partial charge on any atom is 0.00219 e. The van der Waals surface area contributed by atoms with Gasteiger partial charge in [-0.3, -0.25) is 0 Å². The number of rotatable bonds is 4. The molecule has 0 aromatic heterocycles. The van der Waals surface area contributed by atoms with Gasteiger partial charge in [0, 0.05) is 13.1 Å². The summed E-state index contributed by atoms with van der Waals surface area (Å²) in [6.07, 6.45) is 5.89. The van der Waals surface area contributed by atoms with Gasteiger partial charge in [0.1, 0.15) is 0 Å². The molecule has 15 heavy (non-hydrogen) atoms. The van der Waals surface area contributed by atoms with Crippen LogP contribution in [0.3, 0.4) is 0 Å². The maximum absolute atomic E-state index is 3.49. The van der Waals surface area contributed by atoms with Crippen LogP contribution in [0.1, 0.15) is 32.6 Å². The molecule has 1 aliphatic carbocycles. The van der Waals surface area contributed by atoms with Crippen molar-refractivity contribution in [1.29, 1.82) is 0 Å². The third-order valence-corrected chi connectivity index (χ3v) is 4.27. The monoisotopic (exact) mass is 210 g/mol. The predicted molar refractivity (Wildman–Crippen MR) is 65.0 cm³/mol. The Labute approximate surface area is 94.4 Å². The van der Waals surface area contributed by atoms with Crippen molar-refractivity contribution in [3.63, 3.8) is 0 Å². The molecular weight excluding hydrogens is 184 g/mol. The molecule has 88 valence electrons. The fraction of sp³-hybridized carbons (Fsp3) is 1.00. The van der Waals surface area contributed by atoms with E-state index in [0.29, 0.717) is 0 Å². The van der Waals surface area contributed by atoms with E-state index in [9.17, 15) is 0 Å². The van der Waals surface area contributed by atoms with Crippen molar-refractivity contribution in [2.75, 3.05) is 33.2 Å². The summed E-state index contributed by atoms with van der Waals surface area (Å²) in [6, 6.07) is 0. The molecule has 1 heterocycles. The van der Waals surface area contributed by atoms with Gasteiger partial charge in [-0.2, -0.15) is 0 Å². The zero-order valence-corrected chi connectivity index (χ0v) is 10.3. The summed E-state index contributed by atoms with van der Waals surface area (Å²) in [5.74, 6) is 2.76. The molecule has 0 aromatic rings. The molecule has 2 heteroatoms. The van der Waals surface area contributed by atoms with E-state index in [0.717, 1.165) is 17.8 Å². The standard InChI is InChI=1S/C13H26N2/c1-11-7-14-8-13(11)10-15(2)9-12-5-3-4-6-12/h11-14H,3-10H2,1-2H3. The highest BCUT2D eigenvalue weighted by Crippen LogP contribution is 2.26. The van der Waals surface area contributed by atoms with Gasteiger partial charge in [-0.1, -0.05) is 19.8 Å². The van der Waals surface area contributed by atoms with Crippen LogP contribution < -0.4 is 5.32 Å². The van der Waals surface area contributed by atoms with Crippen LogP contribution in [0.5, 0.6) is 0 Å². The molecule has 0 amide bonds. The third kappa shape index (κ3) is 3.18. The quantitative estimate of drug-likeness (QED) is 0.763.